The minimum atomic E-state index is -0.464. The first-order chi connectivity index (χ1) is 16.3. The lowest BCUT2D eigenvalue weighted by Gasteiger charge is -2.14. The monoisotopic (exact) mass is 543 g/mol. The van der Waals surface area contributed by atoms with Gasteiger partial charge in [-0.2, -0.15) is 0 Å². The third kappa shape index (κ3) is 7.16. The lowest BCUT2D eigenvalue weighted by atomic mass is 10.1. The van der Waals surface area contributed by atoms with Gasteiger partial charge in [0.05, 0.1) is 16.6 Å². The Balaban J connectivity index is 1.47. The second-order valence-electron chi connectivity index (χ2n) is 7.87. The predicted octanol–water partition coefficient (Wildman–Crippen LogP) is 4.74. The van der Waals surface area contributed by atoms with Crippen molar-refractivity contribution in [2.45, 2.75) is 20.3 Å². The van der Waals surface area contributed by atoms with E-state index < -0.39 is 11.8 Å². The Labute approximate surface area is 212 Å². The van der Waals surface area contributed by atoms with Gasteiger partial charge >= 0.3 is 0 Å². The highest BCUT2D eigenvalue weighted by Crippen LogP contribution is 2.32. The highest BCUT2D eigenvalue weighted by atomic mass is 79.9. The van der Waals surface area contributed by atoms with E-state index in [-0.39, 0.29) is 11.7 Å². The van der Waals surface area contributed by atoms with Crippen molar-refractivity contribution < 1.29 is 19.1 Å². The van der Waals surface area contributed by atoms with Crippen molar-refractivity contribution in [3.8, 4) is 11.5 Å². The number of carbonyl (C=O) groups excluding carboxylic acids is 2. The number of ether oxygens (including phenoxy) is 2. The van der Waals surface area contributed by atoms with Gasteiger partial charge in [-0.05, 0) is 69.5 Å². The number of amides is 2. The molecule has 3 aromatic rings. The number of para-hydroxylation sites is 1. The number of fused-ring (bicyclic) bond motifs is 1. The van der Waals surface area contributed by atoms with Gasteiger partial charge in [-0.3, -0.25) is 25.8 Å². The average molecular weight is 544 g/mol. The molecule has 3 aromatic carbocycles. The van der Waals surface area contributed by atoms with E-state index in [1.165, 1.54) is 0 Å². The van der Waals surface area contributed by atoms with E-state index in [2.05, 4.69) is 45.9 Å². The molecule has 0 unspecified atom stereocenters. The van der Waals surface area contributed by atoms with Crippen LogP contribution in [0.1, 0.15) is 30.6 Å². The zero-order valence-corrected chi connectivity index (χ0v) is 21.3. The van der Waals surface area contributed by atoms with Crippen molar-refractivity contribution in [1.82, 2.24) is 16.2 Å². The molecular weight excluding hydrogens is 518 g/mol. The first kappa shape index (κ1) is 25.5. The molecule has 0 atom stereocenters. The van der Waals surface area contributed by atoms with Crippen molar-refractivity contribution in [2.75, 3.05) is 13.2 Å². The summed E-state index contributed by atoms with van der Waals surface area (Å²) in [6.45, 7) is 4.47. The van der Waals surface area contributed by atoms with Gasteiger partial charge in [0, 0.05) is 0 Å². The van der Waals surface area contributed by atoms with Crippen LogP contribution in [0, 0.1) is 5.92 Å². The van der Waals surface area contributed by atoms with Crippen molar-refractivity contribution in [3.63, 3.8) is 0 Å². The van der Waals surface area contributed by atoms with E-state index in [4.69, 9.17) is 21.7 Å². The fraction of sp³-hybridized carbons (Fsp3) is 0.240. The maximum Gasteiger partial charge on any atom is 0.276 e. The zero-order valence-electron chi connectivity index (χ0n) is 18.9. The number of halogens is 1. The van der Waals surface area contributed by atoms with Crippen LogP contribution >= 0.6 is 28.1 Å². The van der Waals surface area contributed by atoms with E-state index in [9.17, 15) is 9.59 Å². The summed E-state index contributed by atoms with van der Waals surface area (Å²) in [6, 6.07) is 18.5. The van der Waals surface area contributed by atoms with Crippen LogP contribution in [0.2, 0.25) is 0 Å². The van der Waals surface area contributed by atoms with Crippen LogP contribution in [0.15, 0.2) is 65.1 Å². The summed E-state index contributed by atoms with van der Waals surface area (Å²) in [6.07, 6.45) is 0.875. The van der Waals surface area contributed by atoms with Crippen LogP contribution in [0.5, 0.6) is 11.5 Å². The topological polar surface area (TPSA) is 88.7 Å². The molecule has 0 spiro atoms. The van der Waals surface area contributed by atoms with Crippen LogP contribution in [0.25, 0.3) is 10.8 Å². The zero-order chi connectivity index (χ0) is 24.5. The summed E-state index contributed by atoms with van der Waals surface area (Å²) in [5.74, 6) is 0.602. The molecule has 0 aromatic heterocycles. The molecular formula is C25H26BrN3O4S. The largest absolute Gasteiger partial charge is 0.493 e. The number of benzene rings is 3. The highest BCUT2D eigenvalue weighted by Gasteiger charge is 2.14. The van der Waals surface area contributed by atoms with Gasteiger partial charge in [-0.1, -0.05) is 56.3 Å². The fourth-order valence-electron chi connectivity index (χ4n) is 3.02. The number of hydrazine groups is 1. The van der Waals surface area contributed by atoms with Crippen LogP contribution in [-0.4, -0.2) is 30.1 Å². The van der Waals surface area contributed by atoms with Gasteiger partial charge in [-0.15, -0.1) is 0 Å². The maximum absolute atomic E-state index is 12.6. The van der Waals surface area contributed by atoms with Crippen molar-refractivity contribution in [1.29, 1.82) is 0 Å². The Kier molecular flexibility index (Phi) is 9.24. The smallest absolute Gasteiger partial charge is 0.276 e. The minimum absolute atomic E-state index is 0.0535. The second-order valence-corrected chi connectivity index (χ2v) is 9.07. The molecule has 0 saturated carbocycles. The second kappa shape index (κ2) is 12.3. The minimum Gasteiger partial charge on any atom is -0.493 e. The van der Waals surface area contributed by atoms with E-state index in [1.54, 1.807) is 30.3 Å². The Hall–Kier alpha value is -3.17. The van der Waals surface area contributed by atoms with Gasteiger partial charge in [0.1, 0.15) is 11.5 Å². The molecule has 34 heavy (non-hydrogen) atoms. The third-order valence-electron chi connectivity index (χ3n) is 4.81. The molecule has 3 N–H and O–H groups in total. The maximum atomic E-state index is 12.6. The Morgan fingerprint density at radius 1 is 0.941 bits per heavy atom. The van der Waals surface area contributed by atoms with Crippen LogP contribution < -0.4 is 25.6 Å². The molecule has 0 heterocycles. The third-order valence-corrected chi connectivity index (χ3v) is 5.84. The fourth-order valence-corrected chi connectivity index (χ4v) is 3.77. The summed E-state index contributed by atoms with van der Waals surface area (Å²) in [5, 5.41) is 4.52. The molecule has 2 amide bonds. The van der Waals surface area contributed by atoms with Gasteiger partial charge < -0.3 is 9.47 Å². The Bertz CT molecular complexity index is 1190. The SMILES string of the molecule is CC(C)CCOc1ccccc1C(=O)NC(=S)NNC(=O)COc1ccc2ccccc2c1Br. The lowest BCUT2D eigenvalue weighted by molar-refractivity contribution is -0.123. The molecule has 0 aliphatic carbocycles. The molecule has 0 fully saturated rings. The molecule has 0 aliphatic heterocycles. The summed E-state index contributed by atoms with van der Waals surface area (Å²) < 4.78 is 12.1. The van der Waals surface area contributed by atoms with Gasteiger partial charge in [0.2, 0.25) is 0 Å². The molecule has 178 valence electrons. The lowest BCUT2D eigenvalue weighted by Crippen LogP contribution is -2.49. The molecule has 0 aliphatic rings. The summed E-state index contributed by atoms with van der Waals surface area (Å²) in [5.41, 5.74) is 5.27. The van der Waals surface area contributed by atoms with Crippen molar-refractivity contribution in [3.05, 3.63) is 70.7 Å². The van der Waals surface area contributed by atoms with Crippen molar-refractivity contribution in [2.24, 2.45) is 5.92 Å². The summed E-state index contributed by atoms with van der Waals surface area (Å²) >= 11 is 8.64. The van der Waals surface area contributed by atoms with Crippen LogP contribution in [0.4, 0.5) is 0 Å². The van der Waals surface area contributed by atoms with Gasteiger partial charge in [0.25, 0.3) is 11.8 Å². The standard InChI is InChI=1S/C25H26BrN3O4S/c1-16(2)13-14-32-20-10-6-5-9-19(20)24(31)27-25(34)29-28-22(30)15-33-21-12-11-17-7-3-4-8-18(17)23(21)26/h3-12,16H,13-15H2,1-2H3,(H,28,30)(H2,27,29,31,34). The number of hydrogen-bond donors (Lipinski definition) is 3. The van der Waals surface area contributed by atoms with E-state index in [0.717, 1.165) is 21.7 Å². The quantitative estimate of drug-likeness (QED) is 0.281. The van der Waals surface area contributed by atoms with E-state index in [0.29, 0.717) is 29.6 Å². The Morgan fingerprint density at radius 3 is 2.47 bits per heavy atom. The van der Waals surface area contributed by atoms with Gasteiger partial charge in [0.15, 0.2) is 11.7 Å². The number of nitrogens with one attached hydrogen (secondary N) is 3. The molecule has 0 bridgehead atoms. The van der Waals surface area contributed by atoms with E-state index >= 15 is 0 Å². The van der Waals surface area contributed by atoms with Crippen LogP contribution in [-0.2, 0) is 4.79 Å². The normalized spacial score (nSPS) is 10.6. The average Bonchev–Trinajstić information content (AvgIpc) is 2.82. The molecule has 3 rings (SSSR count). The predicted molar refractivity (Wildman–Crippen MR) is 140 cm³/mol. The number of thiocarbonyl (C=S) groups is 1. The van der Waals surface area contributed by atoms with Crippen molar-refractivity contribution >= 4 is 55.8 Å². The molecule has 0 saturated heterocycles. The van der Waals surface area contributed by atoms with Crippen LogP contribution in [0.3, 0.4) is 0 Å². The Morgan fingerprint density at radius 2 is 1.68 bits per heavy atom. The van der Waals surface area contributed by atoms with E-state index in [1.807, 2.05) is 30.3 Å². The number of hydrogen-bond acceptors (Lipinski definition) is 5. The summed E-state index contributed by atoms with van der Waals surface area (Å²) in [4.78, 5) is 24.8. The molecule has 7 nitrogen and oxygen atoms in total. The summed E-state index contributed by atoms with van der Waals surface area (Å²) in [7, 11) is 0. The number of rotatable bonds is 8. The molecule has 9 heteroatoms. The van der Waals surface area contributed by atoms with Gasteiger partial charge in [-0.25, -0.2) is 0 Å². The molecule has 0 radical (unpaired) electrons. The first-order valence-corrected chi connectivity index (χ1v) is 12.0. The first-order valence-electron chi connectivity index (χ1n) is 10.8. The number of carbonyl (C=O) groups is 2. The highest BCUT2D eigenvalue weighted by molar-refractivity contribution is 9.10.